The highest BCUT2D eigenvalue weighted by Crippen LogP contribution is 2.23. The molecule has 0 aliphatic carbocycles. The van der Waals surface area contributed by atoms with Gasteiger partial charge in [0.1, 0.15) is 0 Å². The molecule has 0 aromatic carbocycles. The van der Waals surface area contributed by atoms with Crippen LogP contribution in [0.3, 0.4) is 0 Å². The smallest absolute Gasteiger partial charge is 0.348 e. The topological polar surface area (TPSA) is 58.6 Å². The molecule has 70 valence electrons. The lowest BCUT2D eigenvalue weighted by atomic mass is 9.97. The molecule has 0 aromatic heterocycles. The van der Waals surface area contributed by atoms with Crippen LogP contribution in [0, 0.1) is 0 Å². The maximum Gasteiger partial charge on any atom is 0.348 e. The largest absolute Gasteiger partial charge is 0.478 e. The molecule has 4 nitrogen and oxygen atoms in total. The average Bonchev–Trinajstić information content (AvgIpc) is 1.82. The maximum absolute atomic E-state index is 10.6. The predicted molar refractivity (Wildman–Crippen MR) is 43.8 cm³/mol. The molecule has 0 saturated carbocycles. The molecule has 2 unspecified atom stereocenters. The van der Waals surface area contributed by atoms with E-state index in [0.717, 1.165) is 6.42 Å². The fourth-order valence-electron chi connectivity index (χ4n) is 1.58. The van der Waals surface area contributed by atoms with E-state index in [1.807, 2.05) is 20.8 Å². The zero-order chi connectivity index (χ0) is 9.35. The summed E-state index contributed by atoms with van der Waals surface area (Å²) in [7, 11) is 0. The van der Waals surface area contributed by atoms with Crippen molar-refractivity contribution in [2.75, 3.05) is 0 Å². The van der Waals surface area contributed by atoms with Crippen LogP contribution in [0.25, 0.3) is 0 Å². The summed E-state index contributed by atoms with van der Waals surface area (Å²) in [4.78, 5) is 10.6. The Hall–Kier alpha value is -0.610. The molecule has 4 heteroatoms. The third kappa shape index (κ3) is 2.19. The number of carboxylic acids is 1. The molecule has 0 radical (unpaired) electrons. The van der Waals surface area contributed by atoms with Gasteiger partial charge in [-0.05, 0) is 27.2 Å². The molecule has 1 aliphatic rings. The third-order valence-corrected chi connectivity index (χ3v) is 1.89. The highest BCUT2D eigenvalue weighted by Gasteiger charge is 2.35. The number of rotatable bonds is 1. The van der Waals surface area contributed by atoms with Gasteiger partial charge in [0.25, 0.3) is 0 Å². The number of carbonyl (C=O) groups is 1. The Labute approximate surface area is 71.9 Å². The Bertz CT molecular complexity index is 191. The monoisotopic (exact) mass is 173 g/mol. The molecule has 1 rings (SSSR count). The van der Waals surface area contributed by atoms with Crippen LogP contribution in [0.15, 0.2) is 0 Å². The first-order valence-corrected chi connectivity index (χ1v) is 4.07. The zero-order valence-corrected chi connectivity index (χ0v) is 7.63. The summed E-state index contributed by atoms with van der Waals surface area (Å²) >= 11 is 0. The van der Waals surface area contributed by atoms with Crippen LogP contribution in [-0.2, 0) is 9.53 Å². The van der Waals surface area contributed by atoms with Crippen molar-refractivity contribution in [1.82, 2.24) is 5.32 Å². The second-order valence-corrected chi connectivity index (χ2v) is 3.87. The second kappa shape index (κ2) is 3.03. The van der Waals surface area contributed by atoms with E-state index in [-0.39, 0.29) is 11.6 Å². The van der Waals surface area contributed by atoms with Gasteiger partial charge >= 0.3 is 5.97 Å². The first-order valence-electron chi connectivity index (χ1n) is 4.07. The van der Waals surface area contributed by atoms with Crippen LogP contribution in [0.2, 0.25) is 0 Å². The Morgan fingerprint density at radius 1 is 1.67 bits per heavy atom. The quantitative estimate of drug-likeness (QED) is 0.608. The summed E-state index contributed by atoms with van der Waals surface area (Å²) in [6, 6.07) is 0.190. The van der Waals surface area contributed by atoms with Gasteiger partial charge in [-0.2, -0.15) is 0 Å². The third-order valence-electron chi connectivity index (χ3n) is 1.89. The normalized spacial score (nSPS) is 34.6. The fourth-order valence-corrected chi connectivity index (χ4v) is 1.58. The zero-order valence-electron chi connectivity index (χ0n) is 7.63. The number of hydrogen-bond donors (Lipinski definition) is 2. The highest BCUT2D eigenvalue weighted by atomic mass is 16.5. The van der Waals surface area contributed by atoms with Gasteiger partial charge in [0.15, 0.2) is 0 Å². The summed E-state index contributed by atoms with van der Waals surface area (Å²) in [5.74, 6) is -0.949. The predicted octanol–water partition coefficient (Wildman–Crippen LogP) is 0.574. The van der Waals surface area contributed by atoms with Crippen molar-refractivity contribution < 1.29 is 14.6 Å². The van der Waals surface area contributed by atoms with Gasteiger partial charge < -0.3 is 9.84 Å². The van der Waals surface area contributed by atoms with Crippen LogP contribution in [0.1, 0.15) is 27.2 Å². The lowest BCUT2D eigenvalue weighted by molar-refractivity contribution is -0.177. The molecule has 1 heterocycles. The van der Waals surface area contributed by atoms with E-state index in [4.69, 9.17) is 9.84 Å². The van der Waals surface area contributed by atoms with Crippen LogP contribution in [0.4, 0.5) is 0 Å². The highest BCUT2D eigenvalue weighted by molar-refractivity contribution is 5.72. The number of nitrogens with one attached hydrogen (secondary N) is 1. The molecule has 2 atom stereocenters. The molecule has 0 spiro atoms. The molecule has 1 fully saturated rings. The molecular formula is C8H15NO3. The summed E-state index contributed by atoms with van der Waals surface area (Å²) in [5.41, 5.74) is -0.340. The van der Waals surface area contributed by atoms with E-state index in [1.165, 1.54) is 0 Å². The molecule has 0 amide bonds. The summed E-state index contributed by atoms with van der Waals surface area (Å²) in [6.45, 7) is 5.76. The van der Waals surface area contributed by atoms with Crippen molar-refractivity contribution in [3.8, 4) is 0 Å². The van der Waals surface area contributed by atoms with E-state index in [9.17, 15) is 4.79 Å². The first-order chi connectivity index (χ1) is 5.41. The Kier molecular flexibility index (Phi) is 2.39. The van der Waals surface area contributed by atoms with E-state index in [2.05, 4.69) is 5.32 Å². The van der Waals surface area contributed by atoms with Crippen LogP contribution >= 0.6 is 0 Å². The lowest BCUT2D eigenvalue weighted by Gasteiger charge is -2.38. The number of ether oxygens (including phenoxy) is 1. The van der Waals surface area contributed by atoms with Gasteiger partial charge in [-0.15, -0.1) is 0 Å². The van der Waals surface area contributed by atoms with Crippen LogP contribution in [-0.4, -0.2) is 28.9 Å². The summed E-state index contributed by atoms with van der Waals surface area (Å²) in [6.07, 6.45) is -0.0275. The molecule has 0 aromatic rings. The number of aliphatic carboxylic acids is 1. The van der Waals surface area contributed by atoms with Gasteiger partial charge in [-0.25, -0.2) is 4.79 Å². The van der Waals surface area contributed by atoms with Crippen molar-refractivity contribution >= 4 is 5.97 Å². The van der Waals surface area contributed by atoms with Crippen LogP contribution < -0.4 is 5.32 Å². The van der Waals surface area contributed by atoms with Gasteiger partial charge in [0.05, 0.1) is 5.60 Å². The Morgan fingerprint density at radius 2 is 2.25 bits per heavy atom. The van der Waals surface area contributed by atoms with Gasteiger partial charge in [-0.3, -0.25) is 5.32 Å². The molecule has 12 heavy (non-hydrogen) atoms. The molecule has 2 N–H and O–H groups in total. The van der Waals surface area contributed by atoms with Crippen molar-refractivity contribution in [3.05, 3.63) is 0 Å². The van der Waals surface area contributed by atoms with Gasteiger partial charge in [0.2, 0.25) is 6.23 Å². The van der Waals surface area contributed by atoms with Crippen molar-refractivity contribution in [2.45, 2.75) is 45.1 Å². The lowest BCUT2D eigenvalue weighted by Crippen LogP contribution is -2.55. The first kappa shape index (κ1) is 9.48. The van der Waals surface area contributed by atoms with E-state index in [1.54, 1.807) is 0 Å². The maximum atomic E-state index is 10.6. The van der Waals surface area contributed by atoms with Crippen molar-refractivity contribution in [3.63, 3.8) is 0 Å². The Morgan fingerprint density at radius 3 is 2.67 bits per heavy atom. The van der Waals surface area contributed by atoms with Crippen molar-refractivity contribution in [1.29, 1.82) is 0 Å². The van der Waals surface area contributed by atoms with Gasteiger partial charge in [-0.1, -0.05) is 0 Å². The second-order valence-electron chi connectivity index (χ2n) is 3.87. The molecule has 1 aliphatic heterocycles. The summed E-state index contributed by atoms with van der Waals surface area (Å²) < 4.78 is 5.29. The molecular weight excluding hydrogens is 158 g/mol. The van der Waals surface area contributed by atoms with Gasteiger partial charge in [0, 0.05) is 6.04 Å². The number of carboxylic acid groups (broad SMARTS) is 1. The minimum absolute atomic E-state index is 0.190. The average molecular weight is 173 g/mol. The summed E-state index contributed by atoms with van der Waals surface area (Å²) in [5, 5.41) is 11.6. The minimum Gasteiger partial charge on any atom is -0.478 e. The van der Waals surface area contributed by atoms with Crippen LogP contribution in [0.5, 0.6) is 0 Å². The molecule has 1 saturated heterocycles. The van der Waals surface area contributed by atoms with E-state index >= 15 is 0 Å². The van der Waals surface area contributed by atoms with E-state index < -0.39 is 12.2 Å². The standard InChI is InChI=1S/C8H15NO3/c1-5-4-8(2,3)12-6(9-5)7(10)11/h5-6,9H,4H2,1-3H3,(H,10,11). The fraction of sp³-hybridized carbons (Fsp3) is 0.875. The Balaban J connectivity index is 2.64. The van der Waals surface area contributed by atoms with E-state index in [0.29, 0.717) is 0 Å². The number of hydrogen-bond acceptors (Lipinski definition) is 3. The van der Waals surface area contributed by atoms with Crippen molar-refractivity contribution in [2.24, 2.45) is 0 Å². The molecule has 0 bridgehead atoms. The SMILES string of the molecule is CC1CC(C)(C)OC(C(=O)O)N1. The minimum atomic E-state index is -0.949.